The van der Waals surface area contributed by atoms with Gasteiger partial charge in [-0.25, -0.2) is 4.79 Å². The number of carbonyl (C=O) groups is 1. The van der Waals surface area contributed by atoms with Crippen LogP contribution in [0.4, 0.5) is 0 Å². The molecule has 0 unspecified atom stereocenters. The van der Waals surface area contributed by atoms with Crippen LogP contribution in [-0.2, 0) is 6.42 Å². The quantitative estimate of drug-likeness (QED) is 0.355. The molecule has 0 spiro atoms. The third kappa shape index (κ3) is 6.03. The van der Waals surface area contributed by atoms with Crippen molar-refractivity contribution in [1.82, 2.24) is 5.32 Å². The summed E-state index contributed by atoms with van der Waals surface area (Å²) in [6.45, 7) is 0.451. The molecule has 0 radical (unpaired) electrons. The average molecular weight is 521 g/mol. The van der Waals surface area contributed by atoms with Gasteiger partial charge in [-0.15, -0.1) is 0 Å². The second-order valence-corrected chi connectivity index (χ2v) is 9.55. The van der Waals surface area contributed by atoms with Crippen molar-refractivity contribution in [2.75, 3.05) is 13.2 Å². The number of halogens is 1. The lowest BCUT2D eigenvalue weighted by molar-refractivity contribution is 0.0697. The molecule has 7 heteroatoms. The Hall–Kier alpha value is -3.18. The highest BCUT2D eigenvalue weighted by molar-refractivity contribution is 9.10. The maximum absolute atomic E-state index is 11.1. The van der Waals surface area contributed by atoms with Crippen LogP contribution in [0.5, 0.6) is 5.75 Å². The molecule has 3 aromatic rings. The van der Waals surface area contributed by atoms with E-state index in [1.165, 1.54) is 17.7 Å². The van der Waals surface area contributed by atoms with Crippen LogP contribution < -0.4 is 10.1 Å². The van der Waals surface area contributed by atoms with E-state index in [1.54, 1.807) is 30.3 Å². The predicted octanol–water partition coefficient (Wildman–Crippen LogP) is 4.79. The van der Waals surface area contributed by atoms with Crippen LogP contribution in [0.1, 0.15) is 34.3 Å². The van der Waals surface area contributed by atoms with Crippen molar-refractivity contribution in [3.8, 4) is 22.9 Å². The molecule has 3 N–H and O–H groups in total. The van der Waals surface area contributed by atoms with Gasteiger partial charge in [-0.3, -0.25) is 0 Å². The molecular weight excluding hydrogens is 496 g/mol. The van der Waals surface area contributed by atoms with Crippen LogP contribution in [0.3, 0.4) is 0 Å². The smallest absolute Gasteiger partial charge is 0.335 e. The number of hydrogen-bond donors (Lipinski definition) is 3. The molecule has 1 fully saturated rings. The van der Waals surface area contributed by atoms with Gasteiger partial charge in [0.15, 0.2) is 0 Å². The molecule has 4 rings (SSSR count). The highest BCUT2D eigenvalue weighted by Gasteiger charge is 2.42. The van der Waals surface area contributed by atoms with Gasteiger partial charge in [0.2, 0.25) is 0 Å². The van der Waals surface area contributed by atoms with E-state index in [-0.39, 0.29) is 17.7 Å². The van der Waals surface area contributed by atoms with Crippen LogP contribution in [-0.4, -0.2) is 41.0 Å². The molecule has 0 bridgehead atoms. The van der Waals surface area contributed by atoms with Crippen LogP contribution in [0.2, 0.25) is 0 Å². The molecule has 1 aliphatic carbocycles. The fraction of sp³-hybridized carbons (Fsp3) is 0.259. The Bertz CT molecular complexity index is 1200. The standard InChI is InChI=1S/C27H25BrN2O4/c28-23-9-1-18(2-10-23)14-27(11-12-27)30-16-24(31)17-34-25-13-21(7-8-22(25)15-29)19-3-5-20(6-4-19)26(32)33/h1-10,13,24,30-31H,11-12,14,16-17H2,(H,32,33)/t24-/m1/s1. The van der Waals surface area contributed by atoms with Gasteiger partial charge in [0.1, 0.15) is 24.5 Å². The molecule has 1 aliphatic rings. The van der Waals surface area contributed by atoms with Gasteiger partial charge in [0.25, 0.3) is 0 Å². The number of hydrogen-bond acceptors (Lipinski definition) is 5. The first kappa shape index (κ1) is 24.0. The first-order valence-electron chi connectivity index (χ1n) is 11.1. The molecule has 6 nitrogen and oxygen atoms in total. The monoisotopic (exact) mass is 520 g/mol. The van der Waals surface area contributed by atoms with Crippen molar-refractivity contribution in [3.63, 3.8) is 0 Å². The van der Waals surface area contributed by atoms with Gasteiger partial charge in [-0.2, -0.15) is 5.26 Å². The first-order chi connectivity index (χ1) is 16.4. The van der Waals surface area contributed by atoms with E-state index in [9.17, 15) is 15.2 Å². The number of carboxylic acids is 1. The van der Waals surface area contributed by atoms with Crippen LogP contribution in [0.25, 0.3) is 11.1 Å². The Balaban J connectivity index is 1.35. The van der Waals surface area contributed by atoms with Crippen molar-refractivity contribution in [3.05, 3.63) is 87.9 Å². The predicted molar refractivity (Wildman–Crippen MR) is 133 cm³/mol. The van der Waals surface area contributed by atoms with Crippen molar-refractivity contribution < 1.29 is 19.7 Å². The summed E-state index contributed by atoms with van der Waals surface area (Å²) in [4.78, 5) is 11.1. The topological polar surface area (TPSA) is 103 Å². The second kappa shape index (κ2) is 10.4. The fourth-order valence-corrected chi connectivity index (χ4v) is 4.12. The Morgan fingerprint density at radius 2 is 1.76 bits per heavy atom. The molecule has 174 valence electrons. The maximum atomic E-state index is 11.1. The van der Waals surface area contributed by atoms with Crippen LogP contribution in [0, 0.1) is 11.3 Å². The highest BCUT2D eigenvalue weighted by atomic mass is 79.9. The molecule has 0 amide bonds. The largest absolute Gasteiger partial charge is 0.489 e. The number of benzene rings is 3. The zero-order valence-electron chi connectivity index (χ0n) is 18.5. The van der Waals surface area contributed by atoms with Gasteiger partial charge < -0.3 is 20.3 Å². The number of β-amino-alcohol motifs (C(OH)–C–C–N with tert-alkyl or cyclic N) is 1. The van der Waals surface area contributed by atoms with Crippen molar-refractivity contribution in [2.45, 2.75) is 30.9 Å². The van der Waals surface area contributed by atoms with Gasteiger partial charge in [-0.05, 0) is 72.4 Å². The number of nitrogens with zero attached hydrogens (tertiary/aromatic N) is 1. The number of nitriles is 1. The number of nitrogens with one attached hydrogen (secondary N) is 1. The van der Waals surface area contributed by atoms with E-state index in [4.69, 9.17) is 9.84 Å². The zero-order valence-corrected chi connectivity index (χ0v) is 20.1. The molecule has 3 aromatic carbocycles. The van der Waals surface area contributed by atoms with E-state index in [0.717, 1.165) is 34.9 Å². The van der Waals surface area contributed by atoms with E-state index in [0.29, 0.717) is 17.9 Å². The summed E-state index contributed by atoms with van der Waals surface area (Å²) >= 11 is 3.46. The Labute approximate surface area is 206 Å². The van der Waals surface area contributed by atoms with Gasteiger partial charge in [0, 0.05) is 16.6 Å². The number of rotatable bonds is 10. The normalized spacial score (nSPS) is 14.7. The van der Waals surface area contributed by atoms with Gasteiger partial charge in [-0.1, -0.05) is 46.3 Å². The minimum Gasteiger partial charge on any atom is -0.489 e. The third-order valence-corrected chi connectivity index (χ3v) is 6.55. The van der Waals surface area contributed by atoms with E-state index in [1.807, 2.05) is 12.1 Å². The number of aliphatic hydroxyl groups is 1. The minimum absolute atomic E-state index is 0.0225. The second-order valence-electron chi connectivity index (χ2n) is 8.63. The summed E-state index contributed by atoms with van der Waals surface area (Å²) in [6.07, 6.45) is 2.32. The van der Waals surface area contributed by atoms with Crippen molar-refractivity contribution in [2.24, 2.45) is 0 Å². The van der Waals surface area contributed by atoms with E-state index in [2.05, 4.69) is 39.4 Å². The molecule has 34 heavy (non-hydrogen) atoms. The lowest BCUT2D eigenvalue weighted by Crippen LogP contribution is -2.40. The zero-order chi connectivity index (χ0) is 24.1. The highest BCUT2D eigenvalue weighted by Crippen LogP contribution is 2.38. The number of ether oxygens (including phenoxy) is 1. The lowest BCUT2D eigenvalue weighted by Gasteiger charge is -2.21. The molecule has 1 atom stereocenters. The van der Waals surface area contributed by atoms with Gasteiger partial charge >= 0.3 is 5.97 Å². The fourth-order valence-electron chi connectivity index (χ4n) is 3.86. The number of aromatic carboxylic acids is 1. The maximum Gasteiger partial charge on any atom is 0.335 e. The average Bonchev–Trinajstić information content (AvgIpc) is 3.62. The molecular formula is C27H25BrN2O4. The third-order valence-electron chi connectivity index (χ3n) is 6.02. The molecule has 0 aromatic heterocycles. The molecule has 1 saturated carbocycles. The SMILES string of the molecule is N#Cc1ccc(-c2ccc(C(=O)O)cc2)cc1OC[C@H](O)CNC1(Cc2ccc(Br)cc2)CC1. The number of aliphatic hydroxyl groups excluding tert-OH is 1. The summed E-state index contributed by atoms with van der Waals surface area (Å²) in [7, 11) is 0. The number of carboxylic acid groups (broad SMARTS) is 1. The van der Waals surface area contributed by atoms with E-state index < -0.39 is 12.1 Å². The molecule has 0 heterocycles. The van der Waals surface area contributed by atoms with Crippen molar-refractivity contribution in [1.29, 1.82) is 5.26 Å². The molecule has 0 saturated heterocycles. The summed E-state index contributed by atoms with van der Waals surface area (Å²) in [5.41, 5.74) is 3.47. The summed E-state index contributed by atoms with van der Waals surface area (Å²) < 4.78 is 6.87. The summed E-state index contributed by atoms with van der Waals surface area (Å²) in [5.74, 6) is -0.597. The Morgan fingerprint density at radius 3 is 2.38 bits per heavy atom. The molecule has 0 aliphatic heterocycles. The Kier molecular flexibility index (Phi) is 7.32. The summed E-state index contributed by atoms with van der Waals surface area (Å²) in [6, 6.07) is 22.1. The van der Waals surface area contributed by atoms with Crippen LogP contribution in [0.15, 0.2) is 71.2 Å². The Morgan fingerprint density at radius 1 is 1.09 bits per heavy atom. The first-order valence-corrected chi connectivity index (χ1v) is 11.8. The lowest BCUT2D eigenvalue weighted by atomic mass is 10.0. The van der Waals surface area contributed by atoms with E-state index >= 15 is 0 Å². The van der Waals surface area contributed by atoms with Crippen molar-refractivity contribution >= 4 is 21.9 Å². The minimum atomic E-state index is -0.984. The van der Waals surface area contributed by atoms with Crippen LogP contribution >= 0.6 is 15.9 Å². The van der Waals surface area contributed by atoms with Gasteiger partial charge in [0.05, 0.1) is 11.1 Å². The summed E-state index contributed by atoms with van der Waals surface area (Å²) in [5, 5.41) is 32.5.